The van der Waals surface area contributed by atoms with E-state index >= 15 is 4.79 Å². The molecule has 1 amide bonds. The first kappa shape index (κ1) is 45.8. The van der Waals surface area contributed by atoms with Gasteiger partial charge in [-0.05, 0) is 121 Å². The third-order valence-corrected chi connectivity index (χ3v) is 14.0. The van der Waals surface area contributed by atoms with Crippen molar-refractivity contribution in [1.82, 2.24) is 9.80 Å². The van der Waals surface area contributed by atoms with Crippen LogP contribution in [0.25, 0.3) is 0 Å². The van der Waals surface area contributed by atoms with E-state index < -0.39 is 6.29 Å². The molecule has 1 fully saturated rings. The van der Waals surface area contributed by atoms with E-state index in [0.717, 1.165) is 67.0 Å². The van der Waals surface area contributed by atoms with Gasteiger partial charge in [-0.1, -0.05) is 19.4 Å². The van der Waals surface area contributed by atoms with Crippen LogP contribution in [0, 0.1) is 17.8 Å². The number of aliphatic hydroxyl groups is 1. The molecular weight excluding hydrogens is 821 g/mol. The quantitative estimate of drug-likeness (QED) is 0.124. The van der Waals surface area contributed by atoms with Gasteiger partial charge in [0.15, 0.2) is 40.3 Å². The zero-order valence-corrected chi connectivity index (χ0v) is 38.3. The van der Waals surface area contributed by atoms with Crippen LogP contribution in [-0.2, 0) is 36.6 Å². The molecule has 14 heteroatoms. The van der Waals surface area contributed by atoms with Gasteiger partial charge in [0.2, 0.25) is 13.1 Å². The first-order chi connectivity index (χ1) is 31.3. The minimum atomic E-state index is -0.714. The van der Waals surface area contributed by atoms with Crippen LogP contribution in [0.4, 0.5) is 0 Å². The molecule has 348 valence electrons. The number of aliphatic hydroxyl groups excluding tert-OH is 1. The molecule has 8 rings (SSSR count). The molecular formula is C50H66N2O12. The number of methoxy groups -OCH3 is 4. The van der Waals surface area contributed by atoms with Crippen molar-refractivity contribution in [2.75, 3.05) is 94.5 Å². The molecule has 0 bridgehead atoms. The second-order valence-corrected chi connectivity index (χ2v) is 17.2. The van der Waals surface area contributed by atoms with E-state index in [1.165, 1.54) is 11.1 Å². The summed E-state index contributed by atoms with van der Waals surface area (Å²) in [5, 5.41) is 9.09. The Hall–Kier alpha value is -4.73. The van der Waals surface area contributed by atoms with E-state index in [1.807, 2.05) is 36.1 Å². The largest absolute Gasteiger partial charge is 0.493 e. The molecule has 64 heavy (non-hydrogen) atoms. The van der Waals surface area contributed by atoms with Gasteiger partial charge in [0.25, 0.3) is 5.91 Å². The lowest BCUT2D eigenvalue weighted by Gasteiger charge is -2.49. The summed E-state index contributed by atoms with van der Waals surface area (Å²) < 4.78 is 59.2. The maximum absolute atomic E-state index is 15.5. The van der Waals surface area contributed by atoms with Crippen LogP contribution in [0.5, 0.6) is 34.5 Å². The summed E-state index contributed by atoms with van der Waals surface area (Å²) in [6, 6.07) is 14.4. The highest BCUT2D eigenvalue weighted by atomic mass is 16.7. The summed E-state index contributed by atoms with van der Waals surface area (Å²) in [5.74, 6) is 4.60. The molecule has 0 radical (unpaired) electrons. The van der Waals surface area contributed by atoms with Crippen LogP contribution < -0.4 is 28.4 Å². The van der Waals surface area contributed by atoms with Crippen LogP contribution in [0.1, 0.15) is 85.3 Å². The van der Waals surface area contributed by atoms with Crippen molar-refractivity contribution in [2.24, 2.45) is 17.8 Å². The molecule has 0 saturated carbocycles. The number of hydrogen-bond donors (Lipinski definition) is 1. The Labute approximate surface area is 377 Å². The lowest BCUT2D eigenvalue weighted by atomic mass is 9.72. The van der Waals surface area contributed by atoms with E-state index in [4.69, 9.17) is 52.5 Å². The highest BCUT2D eigenvalue weighted by Crippen LogP contribution is 2.50. The summed E-state index contributed by atoms with van der Waals surface area (Å²) in [4.78, 5) is 20.2. The van der Waals surface area contributed by atoms with Crippen LogP contribution in [0.3, 0.4) is 0 Å². The molecule has 5 heterocycles. The van der Waals surface area contributed by atoms with Gasteiger partial charge in [0, 0.05) is 50.7 Å². The standard InChI is InChI=1S/C50H66N2O12/c1-7-31-29-51-14-11-33-23-43(55-3)45(57-5)27-38(33)40(51)21-35(31)22-41-39-28-46(58-6)44(56-4)24-34(39)12-15-52(41)49(54)48-26-37(32-9-10-42-47(25-32)63-30-62-42)36(50(64-48)61-8-2)13-17-59-19-20-60-18-16-53/h9-10,23-28,31,35-37,40-41,50,53H,7-8,11-22,29-30H2,1-6H3/t31-,35+,36-,37+,40-,41+,50+/m0/s1. The van der Waals surface area contributed by atoms with Gasteiger partial charge in [-0.2, -0.15) is 0 Å². The average Bonchev–Trinajstić information content (AvgIpc) is 3.81. The topological polar surface area (TPSA) is 136 Å². The van der Waals surface area contributed by atoms with E-state index in [2.05, 4.69) is 36.1 Å². The average molecular weight is 887 g/mol. The van der Waals surface area contributed by atoms with Gasteiger partial charge in [0.05, 0.1) is 60.9 Å². The van der Waals surface area contributed by atoms with Crippen LogP contribution >= 0.6 is 0 Å². The van der Waals surface area contributed by atoms with Crippen LogP contribution in [0.15, 0.2) is 54.3 Å². The summed E-state index contributed by atoms with van der Waals surface area (Å²) >= 11 is 0. The smallest absolute Gasteiger partial charge is 0.289 e. The van der Waals surface area contributed by atoms with Gasteiger partial charge in [-0.3, -0.25) is 9.69 Å². The fraction of sp³-hybridized carbons (Fsp3) is 0.580. The number of amides is 1. The Morgan fingerprint density at radius 3 is 2.16 bits per heavy atom. The summed E-state index contributed by atoms with van der Waals surface area (Å²) in [6.07, 6.45) is 6.26. The Kier molecular flexibility index (Phi) is 15.1. The van der Waals surface area contributed by atoms with Crippen molar-refractivity contribution < 1.29 is 57.3 Å². The van der Waals surface area contributed by atoms with Gasteiger partial charge in [-0.15, -0.1) is 0 Å². The molecule has 0 spiro atoms. The first-order valence-electron chi connectivity index (χ1n) is 23.0. The number of carbonyl (C=O) groups is 1. The molecule has 5 aliphatic rings. The van der Waals surface area contributed by atoms with E-state index in [1.54, 1.807) is 28.4 Å². The predicted molar refractivity (Wildman–Crippen MR) is 238 cm³/mol. The highest BCUT2D eigenvalue weighted by molar-refractivity contribution is 5.92. The van der Waals surface area contributed by atoms with Crippen molar-refractivity contribution in [1.29, 1.82) is 0 Å². The second kappa shape index (κ2) is 21.1. The number of hydrogen-bond acceptors (Lipinski definition) is 13. The number of ether oxygens (including phenoxy) is 10. The van der Waals surface area contributed by atoms with E-state index in [-0.39, 0.29) is 55.6 Å². The molecule has 7 atom stereocenters. The van der Waals surface area contributed by atoms with Gasteiger partial charge < -0.3 is 57.4 Å². The van der Waals surface area contributed by atoms with Gasteiger partial charge in [0.1, 0.15) is 0 Å². The fourth-order valence-corrected chi connectivity index (χ4v) is 10.7. The molecule has 0 unspecified atom stereocenters. The zero-order chi connectivity index (χ0) is 44.7. The van der Waals surface area contributed by atoms with Crippen molar-refractivity contribution >= 4 is 5.91 Å². The molecule has 0 aliphatic carbocycles. The number of rotatable bonds is 19. The highest BCUT2D eigenvalue weighted by Gasteiger charge is 2.45. The molecule has 5 aliphatic heterocycles. The molecule has 1 saturated heterocycles. The number of carbonyl (C=O) groups excluding carboxylic acids is 1. The van der Waals surface area contributed by atoms with Crippen LogP contribution in [0.2, 0.25) is 0 Å². The van der Waals surface area contributed by atoms with Crippen molar-refractivity contribution in [3.05, 3.63) is 82.1 Å². The Bertz CT molecular complexity index is 2110. The van der Waals surface area contributed by atoms with Crippen molar-refractivity contribution in [2.45, 2.75) is 76.7 Å². The predicted octanol–water partition coefficient (Wildman–Crippen LogP) is 7.00. The number of nitrogens with zero attached hydrogens (tertiary/aromatic N) is 2. The maximum Gasteiger partial charge on any atom is 0.289 e. The SMILES string of the molecule is CCO[C@@H]1OC(C(=O)N2CCc3cc(OC)c(OC)cc3[C@H]2C[C@H]2C[C@H]3c4cc(OC)c(OC)cc4CCN3C[C@@H]2CC)=C[C@H](c2ccc3c(c2)OCO3)[C@@H]1CCOCCOCCO. The Balaban J connectivity index is 1.14. The summed E-state index contributed by atoms with van der Waals surface area (Å²) in [7, 11) is 6.72. The lowest BCUT2D eigenvalue weighted by molar-refractivity contribution is -0.173. The molecule has 3 aromatic rings. The summed E-state index contributed by atoms with van der Waals surface area (Å²) in [5.41, 5.74) is 5.81. The minimum Gasteiger partial charge on any atom is -0.493 e. The van der Waals surface area contributed by atoms with Crippen molar-refractivity contribution in [3.63, 3.8) is 0 Å². The second-order valence-electron chi connectivity index (χ2n) is 17.2. The molecule has 14 nitrogen and oxygen atoms in total. The van der Waals surface area contributed by atoms with Gasteiger partial charge >= 0.3 is 0 Å². The fourth-order valence-electron chi connectivity index (χ4n) is 10.7. The minimum absolute atomic E-state index is 0.0337. The van der Waals surface area contributed by atoms with Gasteiger partial charge in [-0.25, -0.2) is 0 Å². The third-order valence-electron chi connectivity index (χ3n) is 14.0. The van der Waals surface area contributed by atoms with Crippen LogP contribution in [-0.4, -0.2) is 122 Å². The normalized spacial score (nSPS) is 24.8. The summed E-state index contributed by atoms with van der Waals surface area (Å²) in [6.45, 7) is 8.72. The number of benzene rings is 3. The number of piperidine rings is 1. The maximum atomic E-state index is 15.5. The monoisotopic (exact) mass is 886 g/mol. The molecule has 1 N–H and O–H groups in total. The third kappa shape index (κ3) is 9.48. The van der Waals surface area contributed by atoms with E-state index in [0.29, 0.717) is 80.6 Å². The first-order valence-corrected chi connectivity index (χ1v) is 23.0. The number of allylic oxidation sites excluding steroid dienone is 1. The molecule has 3 aromatic carbocycles. The Morgan fingerprint density at radius 1 is 0.781 bits per heavy atom. The Morgan fingerprint density at radius 2 is 1.45 bits per heavy atom. The lowest BCUT2D eigenvalue weighted by Crippen LogP contribution is -2.48. The number of fused-ring (bicyclic) bond motifs is 5. The zero-order valence-electron chi connectivity index (χ0n) is 38.3. The van der Waals surface area contributed by atoms with Crippen molar-refractivity contribution in [3.8, 4) is 34.5 Å². The molecule has 0 aromatic heterocycles. The van der Waals surface area contributed by atoms with E-state index in [9.17, 15) is 0 Å².